The van der Waals surface area contributed by atoms with Crippen LogP contribution in [0.15, 0.2) is 22.7 Å². The maximum atomic E-state index is 13.2. The summed E-state index contributed by atoms with van der Waals surface area (Å²) >= 11 is 3.36. The zero-order valence-corrected chi connectivity index (χ0v) is 10.5. The van der Waals surface area contributed by atoms with Gasteiger partial charge in [-0.2, -0.15) is 0 Å². The maximum Gasteiger partial charge on any atom is 0.227 e. The van der Waals surface area contributed by atoms with Gasteiger partial charge in [0, 0.05) is 17.4 Å². The molecule has 1 aromatic carbocycles. The molecule has 0 N–H and O–H groups in total. The lowest BCUT2D eigenvalue weighted by Crippen LogP contribution is -2.30. The zero-order valence-electron chi connectivity index (χ0n) is 8.88. The molecule has 2 nitrogen and oxygen atoms in total. The summed E-state index contributed by atoms with van der Waals surface area (Å²) in [4.78, 5) is 13.5. The van der Waals surface area contributed by atoms with E-state index >= 15 is 0 Å². The largest absolute Gasteiger partial charge is 0.311 e. The fraction of sp³-hybridized carbons (Fsp3) is 0.417. The van der Waals surface area contributed by atoms with Crippen molar-refractivity contribution in [2.24, 2.45) is 0 Å². The highest BCUT2D eigenvalue weighted by molar-refractivity contribution is 9.10. The fourth-order valence-electron chi connectivity index (χ4n) is 1.93. The molecule has 1 heterocycles. The van der Waals surface area contributed by atoms with Crippen molar-refractivity contribution in [2.45, 2.75) is 25.7 Å². The molecule has 1 aliphatic rings. The summed E-state index contributed by atoms with van der Waals surface area (Å²) in [6.45, 7) is 0.681. The van der Waals surface area contributed by atoms with Gasteiger partial charge in [0.15, 0.2) is 0 Å². The highest BCUT2D eigenvalue weighted by atomic mass is 79.9. The third kappa shape index (κ3) is 2.43. The van der Waals surface area contributed by atoms with Crippen LogP contribution in [0.4, 0.5) is 10.1 Å². The summed E-state index contributed by atoms with van der Waals surface area (Å²) < 4.78 is 13.9. The van der Waals surface area contributed by atoms with E-state index in [0.717, 1.165) is 23.7 Å². The average molecular weight is 286 g/mol. The van der Waals surface area contributed by atoms with E-state index in [0.29, 0.717) is 18.7 Å². The minimum Gasteiger partial charge on any atom is -0.311 e. The van der Waals surface area contributed by atoms with Gasteiger partial charge >= 0.3 is 0 Å². The third-order valence-electron chi connectivity index (χ3n) is 2.77. The number of benzene rings is 1. The second kappa shape index (κ2) is 4.95. The Hall–Kier alpha value is -0.900. The van der Waals surface area contributed by atoms with E-state index in [2.05, 4.69) is 15.9 Å². The molecule has 1 saturated heterocycles. The summed E-state index contributed by atoms with van der Waals surface area (Å²) in [7, 11) is 0. The highest BCUT2D eigenvalue weighted by Crippen LogP contribution is 2.29. The van der Waals surface area contributed by atoms with Crippen molar-refractivity contribution in [1.29, 1.82) is 0 Å². The normalized spacial score (nSPS) is 17.4. The molecule has 1 aromatic rings. The zero-order chi connectivity index (χ0) is 11.5. The Morgan fingerprint density at radius 3 is 2.88 bits per heavy atom. The van der Waals surface area contributed by atoms with Crippen LogP contribution in [0.1, 0.15) is 25.7 Å². The molecule has 0 bridgehead atoms. The quantitative estimate of drug-likeness (QED) is 0.773. The molecule has 1 aliphatic heterocycles. The topological polar surface area (TPSA) is 20.3 Å². The first-order chi connectivity index (χ1) is 7.68. The Labute approximate surface area is 103 Å². The SMILES string of the molecule is O=C1CCCCCN1c1cc(F)ccc1Br. The first-order valence-electron chi connectivity index (χ1n) is 5.44. The molecule has 1 fully saturated rings. The number of rotatable bonds is 1. The summed E-state index contributed by atoms with van der Waals surface area (Å²) in [5, 5.41) is 0. The van der Waals surface area contributed by atoms with Gasteiger partial charge in [0.1, 0.15) is 5.82 Å². The molecule has 1 amide bonds. The summed E-state index contributed by atoms with van der Waals surface area (Å²) in [6, 6.07) is 4.44. The van der Waals surface area contributed by atoms with Gasteiger partial charge < -0.3 is 4.90 Å². The van der Waals surface area contributed by atoms with Crippen LogP contribution in [0.3, 0.4) is 0 Å². The van der Waals surface area contributed by atoms with Crippen LogP contribution in [0.5, 0.6) is 0 Å². The van der Waals surface area contributed by atoms with Crippen molar-refractivity contribution in [2.75, 3.05) is 11.4 Å². The predicted molar refractivity (Wildman–Crippen MR) is 64.9 cm³/mol. The number of amides is 1. The Morgan fingerprint density at radius 2 is 2.06 bits per heavy atom. The van der Waals surface area contributed by atoms with E-state index in [1.54, 1.807) is 11.0 Å². The monoisotopic (exact) mass is 285 g/mol. The Bertz CT molecular complexity index is 408. The van der Waals surface area contributed by atoms with Gasteiger partial charge in [0.2, 0.25) is 5.91 Å². The third-order valence-corrected chi connectivity index (χ3v) is 3.44. The average Bonchev–Trinajstić information content (AvgIpc) is 2.47. The van der Waals surface area contributed by atoms with Gasteiger partial charge in [-0.05, 0) is 47.0 Å². The van der Waals surface area contributed by atoms with E-state index in [9.17, 15) is 9.18 Å². The number of nitrogens with zero attached hydrogens (tertiary/aromatic N) is 1. The molecule has 0 unspecified atom stereocenters. The molecule has 0 aliphatic carbocycles. The molecule has 0 saturated carbocycles. The lowest BCUT2D eigenvalue weighted by atomic mass is 10.2. The van der Waals surface area contributed by atoms with Gasteiger partial charge in [-0.3, -0.25) is 4.79 Å². The van der Waals surface area contributed by atoms with Crippen LogP contribution in [0.2, 0.25) is 0 Å². The molecule has 0 aromatic heterocycles. The Balaban J connectivity index is 2.33. The van der Waals surface area contributed by atoms with Crippen molar-refractivity contribution in [3.8, 4) is 0 Å². The number of halogens is 2. The van der Waals surface area contributed by atoms with E-state index in [4.69, 9.17) is 0 Å². The molecule has 0 spiro atoms. The highest BCUT2D eigenvalue weighted by Gasteiger charge is 2.20. The Kier molecular flexibility index (Phi) is 3.59. The van der Waals surface area contributed by atoms with Crippen LogP contribution in [-0.4, -0.2) is 12.5 Å². The van der Waals surface area contributed by atoms with Crippen LogP contribution in [-0.2, 0) is 4.79 Å². The van der Waals surface area contributed by atoms with E-state index in [1.165, 1.54) is 12.1 Å². The van der Waals surface area contributed by atoms with E-state index in [-0.39, 0.29) is 11.7 Å². The summed E-state index contributed by atoms with van der Waals surface area (Å²) in [5.41, 5.74) is 0.645. The number of carbonyl (C=O) groups excluding carboxylic acids is 1. The van der Waals surface area contributed by atoms with E-state index < -0.39 is 0 Å². The minimum atomic E-state index is -0.310. The number of anilines is 1. The van der Waals surface area contributed by atoms with E-state index in [1.807, 2.05) is 0 Å². The fourth-order valence-corrected chi connectivity index (χ4v) is 2.39. The molecule has 2 rings (SSSR count). The second-order valence-electron chi connectivity index (χ2n) is 3.95. The van der Waals surface area contributed by atoms with Crippen molar-refractivity contribution < 1.29 is 9.18 Å². The van der Waals surface area contributed by atoms with Gasteiger partial charge in [0.05, 0.1) is 5.69 Å². The first-order valence-corrected chi connectivity index (χ1v) is 6.23. The molecular formula is C12H13BrFNO. The van der Waals surface area contributed by atoms with Crippen molar-refractivity contribution >= 4 is 27.5 Å². The molecule has 16 heavy (non-hydrogen) atoms. The van der Waals surface area contributed by atoms with Gasteiger partial charge in [-0.15, -0.1) is 0 Å². The lowest BCUT2D eigenvalue weighted by molar-refractivity contribution is -0.118. The molecule has 86 valence electrons. The second-order valence-corrected chi connectivity index (χ2v) is 4.81. The summed E-state index contributed by atoms with van der Waals surface area (Å²) in [6.07, 6.45) is 3.54. The van der Waals surface area contributed by atoms with Crippen molar-refractivity contribution in [3.05, 3.63) is 28.5 Å². The van der Waals surface area contributed by atoms with Crippen LogP contribution in [0, 0.1) is 5.82 Å². The number of hydrogen-bond acceptors (Lipinski definition) is 1. The number of hydrogen-bond donors (Lipinski definition) is 0. The smallest absolute Gasteiger partial charge is 0.227 e. The Morgan fingerprint density at radius 1 is 1.25 bits per heavy atom. The molecular weight excluding hydrogens is 273 g/mol. The maximum absolute atomic E-state index is 13.2. The lowest BCUT2D eigenvalue weighted by Gasteiger charge is -2.21. The van der Waals surface area contributed by atoms with Gasteiger partial charge in [-0.25, -0.2) is 4.39 Å². The van der Waals surface area contributed by atoms with Crippen LogP contribution in [0.25, 0.3) is 0 Å². The predicted octanol–water partition coefficient (Wildman–Crippen LogP) is 3.50. The number of carbonyl (C=O) groups is 1. The molecule has 0 radical (unpaired) electrons. The van der Waals surface area contributed by atoms with Gasteiger partial charge in [0.25, 0.3) is 0 Å². The van der Waals surface area contributed by atoms with Crippen LogP contribution >= 0.6 is 15.9 Å². The van der Waals surface area contributed by atoms with Crippen LogP contribution < -0.4 is 4.90 Å². The standard InChI is InChI=1S/C12H13BrFNO/c13-10-6-5-9(14)8-11(10)15-7-3-1-2-4-12(15)16/h5-6,8H,1-4,7H2. The minimum absolute atomic E-state index is 0.0869. The molecule has 4 heteroatoms. The first kappa shape index (κ1) is 11.6. The van der Waals surface area contributed by atoms with Crippen molar-refractivity contribution in [3.63, 3.8) is 0 Å². The van der Waals surface area contributed by atoms with Gasteiger partial charge in [-0.1, -0.05) is 6.42 Å². The van der Waals surface area contributed by atoms with Crippen molar-refractivity contribution in [1.82, 2.24) is 0 Å². The summed E-state index contributed by atoms with van der Waals surface area (Å²) in [5.74, 6) is -0.223. The molecule has 0 atom stereocenters.